The van der Waals surface area contributed by atoms with Crippen LogP contribution in [0.5, 0.6) is 5.75 Å². The summed E-state index contributed by atoms with van der Waals surface area (Å²) in [5.41, 5.74) is 3.09. The lowest BCUT2D eigenvalue weighted by atomic mass is 9.83. The number of para-hydroxylation sites is 1. The van der Waals surface area contributed by atoms with Crippen molar-refractivity contribution in [2.24, 2.45) is 5.92 Å². The maximum Gasteiger partial charge on any atom is 0.274 e. The molecule has 0 N–H and O–H groups in total. The SMILES string of the molecule is CC(C)Cn1cnc2c1C1(CCN(C(=O)c3cnccn3)CC1)Oc1ccccc1-2. The highest BCUT2D eigenvalue weighted by atomic mass is 16.5. The quantitative estimate of drug-likeness (QED) is 0.669. The Morgan fingerprint density at radius 1 is 1.17 bits per heavy atom. The summed E-state index contributed by atoms with van der Waals surface area (Å²) in [6.07, 6.45) is 8.02. The lowest BCUT2D eigenvalue weighted by molar-refractivity contribution is -0.00775. The van der Waals surface area contributed by atoms with Crippen LogP contribution >= 0.6 is 0 Å². The number of amides is 1. The fourth-order valence-electron chi connectivity index (χ4n) is 4.58. The Hall–Kier alpha value is -3.22. The first-order chi connectivity index (χ1) is 14.6. The molecule has 1 fully saturated rings. The van der Waals surface area contributed by atoms with Crippen molar-refractivity contribution in [1.82, 2.24) is 24.4 Å². The van der Waals surface area contributed by atoms with Crippen LogP contribution in [-0.4, -0.2) is 43.4 Å². The van der Waals surface area contributed by atoms with E-state index in [9.17, 15) is 4.79 Å². The van der Waals surface area contributed by atoms with Gasteiger partial charge in [0.25, 0.3) is 5.91 Å². The van der Waals surface area contributed by atoms with Gasteiger partial charge in [-0.15, -0.1) is 0 Å². The summed E-state index contributed by atoms with van der Waals surface area (Å²) in [6.45, 7) is 6.50. The van der Waals surface area contributed by atoms with Crippen LogP contribution < -0.4 is 4.74 Å². The van der Waals surface area contributed by atoms with E-state index in [0.717, 1.165) is 29.2 Å². The van der Waals surface area contributed by atoms with Crippen LogP contribution in [-0.2, 0) is 12.1 Å². The molecule has 7 nitrogen and oxygen atoms in total. The summed E-state index contributed by atoms with van der Waals surface area (Å²) in [5, 5.41) is 0. The molecule has 0 aliphatic carbocycles. The number of carbonyl (C=O) groups is 1. The Kier molecular flexibility index (Phi) is 4.53. The van der Waals surface area contributed by atoms with Gasteiger partial charge in [0.05, 0.1) is 23.9 Å². The van der Waals surface area contributed by atoms with Gasteiger partial charge in [-0.3, -0.25) is 9.78 Å². The van der Waals surface area contributed by atoms with Gasteiger partial charge in [0.1, 0.15) is 11.4 Å². The van der Waals surface area contributed by atoms with E-state index in [1.165, 1.54) is 6.20 Å². The van der Waals surface area contributed by atoms with Crippen molar-refractivity contribution >= 4 is 5.91 Å². The molecular formula is C23H25N5O2. The van der Waals surface area contributed by atoms with Crippen molar-refractivity contribution in [3.63, 3.8) is 0 Å². The molecular weight excluding hydrogens is 378 g/mol. The number of hydrogen-bond donors (Lipinski definition) is 0. The molecule has 2 aromatic heterocycles. The van der Waals surface area contributed by atoms with Crippen molar-refractivity contribution in [1.29, 1.82) is 0 Å². The van der Waals surface area contributed by atoms with Crippen LogP contribution in [0.15, 0.2) is 49.2 Å². The molecule has 1 aromatic carbocycles. The summed E-state index contributed by atoms with van der Waals surface area (Å²) >= 11 is 0. The fourth-order valence-corrected chi connectivity index (χ4v) is 4.58. The minimum atomic E-state index is -0.478. The van der Waals surface area contributed by atoms with Crippen molar-refractivity contribution in [2.75, 3.05) is 13.1 Å². The standard InChI is InChI=1S/C23H25N5O2/c1-16(2)14-28-15-26-20-17-5-3-4-6-19(17)30-23(21(20)28)7-11-27(12-8-23)22(29)18-13-24-9-10-25-18/h3-6,9-10,13,15-16H,7-8,11-12,14H2,1-2H3. The van der Waals surface area contributed by atoms with E-state index in [1.807, 2.05) is 29.4 Å². The molecule has 4 heterocycles. The summed E-state index contributed by atoms with van der Waals surface area (Å²) in [7, 11) is 0. The van der Waals surface area contributed by atoms with Gasteiger partial charge in [-0.1, -0.05) is 26.0 Å². The minimum Gasteiger partial charge on any atom is -0.480 e. The Bertz CT molecular complexity index is 1070. The predicted molar refractivity (Wildman–Crippen MR) is 112 cm³/mol. The molecule has 1 spiro atoms. The van der Waals surface area contributed by atoms with E-state index < -0.39 is 5.60 Å². The number of rotatable bonds is 3. The third kappa shape index (κ3) is 3.05. The monoisotopic (exact) mass is 403 g/mol. The topological polar surface area (TPSA) is 73.1 Å². The molecule has 0 radical (unpaired) electrons. The molecule has 2 aliphatic heterocycles. The van der Waals surface area contributed by atoms with Gasteiger partial charge in [-0.05, 0) is 18.1 Å². The van der Waals surface area contributed by atoms with Gasteiger partial charge in [-0.2, -0.15) is 0 Å². The van der Waals surface area contributed by atoms with Gasteiger partial charge < -0.3 is 14.2 Å². The van der Waals surface area contributed by atoms with Gasteiger partial charge in [0.15, 0.2) is 5.60 Å². The van der Waals surface area contributed by atoms with Crippen LogP contribution in [0.3, 0.4) is 0 Å². The summed E-state index contributed by atoms with van der Waals surface area (Å²) < 4.78 is 8.92. The number of imidazole rings is 1. The second kappa shape index (κ2) is 7.23. The Labute approximate surface area is 175 Å². The zero-order chi connectivity index (χ0) is 20.7. The van der Waals surface area contributed by atoms with Crippen LogP contribution in [0.25, 0.3) is 11.3 Å². The Morgan fingerprint density at radius 2 is 1.97 bits per heavy atom. The second-order valence-corrected chi connectivity index (χ2v) is 8.46. The van der Waals surface area contributed by atoms with Crippen LogP contribution in [0.4, 0.5) is 0 Å². The number of nitrogens with zero attached hydrogens (tertiary/aromatic N) is 5. The number of aromatic nitrogens is 4. The van der Waals surface area contributed by atoms with E-state index in [0.29, 0.717) is 37.5 Å². The minimum absolute atomic E-state index is 0.0786. The number of piperidine rings is 1. The molecule has 30 heavy (non-hydrogen) atoms. The summed E-state index contributed by atoms with van der Waals surface area (Å²) in [5.74, 6) is 1.29. The van der Waals surface area contributed by atoms with Crippen LogP contribution in [0.1, 0.15) is 42.9 Å². The lowest BCUT2D eigenvalue weighted by Crippen LogP contribution is -2.50. The number of benzene rings is 1. The first-order valence-electron chi connectivity index (χ1n) is 10.5. The van der Waals surface area contributed by atoms with Gasteiger partial charge >= 0.3 is 0 Å². The first kappa shape index (κ1) is 18.8. The highest BCUT2D eigenvalue weighted by molar-refractivity contribution is 5.92. The van der Waals surface area contributed by atoms with E-state index >= 15 is 0 Å². The summed E-state index contributed by atoms with van der Waals surface area (Å²) in [4.78, 5) is 27.7. The van der Waals surface area contributed by atoms with Crippen molar-refractivity contribution in [3.8, 4) is 17.0 Å². The molecule has 154 valence electrons. The molecule has 2 aliphatic rings. The molecule has 0 saturated carbocycles. The van der Waals surface area contributed by atoms with E-state index in [-0.39, 0.29) is 5.91 Å². The average molecular weight is 403 g/mol. The fraction of sp³-hybridized carbons (Fsp3) is 0.391. The molecule has 7 heteroatoms. The maximum absolute atomic E-state index is 12.8. The lowest BCUT2D eigenvalue weighted by Gasteiger charge is -2.44. The highest BCUT2D eigenvalue weighted by Gasteiger charge is 2.47. The molecule has 3 aromatic rings. The largest absolute Gasteiger partial charge is 0.480 e. The number of ether oxygens (including phenoxy) is 1. The Morgan fingerprint density at radius 3 is 2.70 bits per heavy atom. The third-order valence-corrected chi connectivity index (χ3v) is 5.92. The van der Waals surface area contributed by atoms with E-state index in [2.05, 4.69) is 34.4 Å². The van der Waals surface area contributed by atoms with Gasteiger partial charge in [0.2, 0.25) is 0 Å². The van der Waals surface area contributed by atoms with Crippen LogP contribution in [0.2, 0.25) is 0 Å². The molecule has 1 saturated heterocycles. The average Bonchev–Trinajstić information content (AvgIpc) is 3.19. The van der Waals surface area contributed by atoms with Gasteiger partial charge in [0, 0.05) is 50.4 Å². The van der Waals surface area contributed by atoms with E-state index in [4.69, 9.17) is 9.72 Å². The number of likely N-dealkylation sites (tertiary alicyclic amines) is 1. The van der Waals surface area contributed by atoms with Crippen LogP contribution in [0, 0.1) is 5.92 Å². The number of hydrogen-bond acceptors (Lipinski definition) is 5. The highest BCUT2D eigenvalue weighted by Crippen LogP contribution is 2.49. The zero-order valence-corrected chi connectivity index (χ0v) is 17.3. The first-order valence-corrected chi connectivity index (χ1v) is 10.5. The smallest absolute Gasteiger partial charge is 0.274 e. The number of carbonyl (C=O) groups excluding carboxylic acids is 1. The van der Waals surface area contributed by atoms with Crippen molar-refractivity contribution in [3.05, 3.63) is 60.6 Å². The summed E-state index contributed by atoms with van der Waals surface area (Å²) in [6, 6.07) is 8.10. The zero-order valence-electron chi connectivity index (χ0n) is 17.3. The Balaban J connectivity index is 1.48. The third-order valence-electron chi connectivity index (χ3n) is 5.92. The maximum atomic E-state index is 12.8. The second-order valence-electron chi connectivity index (χ2n) is 8.46. The van der Waals surface area contributed by atoms with Gasteiger partial charge in [-0.25, -0.2) is 9.97 Å². The molecule has 1 amide bonds. The molecule has 0 bridgehead atoms. The number of fused-ring (bicyclic) bond motifs is 4. The predicted octanol–water partition coefficient (Wildman–Crippen LogP) is 3.52. The van der Waals surface area contributed by atoms with Crippen molar-refractivity contribution in [2.45, 2.75) is 38.8 Å². The van der Waals surface area contributed by atoms with E-state index in [1.54, 1.807) is 12.4 Å². The van der Waals surface area contributed by atoms with Crippen molar-refractivity contribution < 1.29 is 9.53 Å². The normalized spacial score (nSPS) is 16.8. The molecule has 0 atom stereocenters. The molecule has 0 unspecified atom stereocenters. The molecule has 5 rings (SSSR count).